The molecule has 1 amide bonds. The molecule has 0 aliphatic heterocycles. The van der Waals surface area contributed by atoms with Crippen molar-refractivity contribution in [3.63, 3.8) is 0 Å². The van der Waals surface area contributed by atoms with Gasteiger partial charge in [0.25, 0.3) is 0 Å². The summed E-state index contributed by atoms with van der Waals surface area (Å²) in [6.07, 6.45) is 4.02. The highest BCUT2D eigenvalue weighted by Crippen LogP contribution is 2.23. The van der Waals surface area contributed by atoms with Crippen LogP contribution in [0.2, 0.25) is 0 Å². The topological polar surface area (TPSA) is 61.4 Å². The lowest BCUT2D eigenvalue weighted by molar-refractivity contribution is -0.115. The van der Waals surface area contributed by atoms with Gasteiger partial charge in [-0.1, -0.05) is 25.0 Å². The van der Waals surface area contributed by atoms with Crippen molar-refractivity contribution in [2.24, 2.45) is 5.92 Å². The van der Waals surface area contributed by atoms with Crippen LogP contribution in [0.4, 0.5) is 5.69 Å². The van der Waals surface area contributed by atoms with Crippen LogP contribution in [-0.2, 0) is 4.79 Å². The summed E-state index contributed by atoms with van der Waals surface area (Å²) in [6.45, 7) is 3.00. The van der Waals surface area contributed by atoms with E-state index in [0.717, 1.165) is 30.5 Å². The molecule has 0 aromatic heterocycles. The molecule has 1 aliphatic carbocycles. The Hall–Kier alpha value is -1.39. The third-order valence-electron chi connectivity index (χ3n) is 3.86. The molecule has 0 radical (unpaired) electrons. The number of carbonyl (C=O) groups is 1. The molecule has 0 spiro atoms. The highest BCUT2D eigenvalue weighted by molar-refractivity contribution is 5.92. The molecule has 1 aliphatic rings. The van der Waals surface area contributed by atoms with E-state index in [4.69, 9.17) is 0 Å². The number of nitrogens with one attached hydrogen (secondary N) is 2. The number of anilines is 1. The predicted molar refractivity (Wildman–Crippen MR) is 80.6 cm³/mol. The smallest absolute Gasteiger partial charge is 0.238 e. The number of benzene rings is 1. The van der Waals surface area contributed by atoms with Crippen LogP contribution in [0.3, 0.4) is 0 Å². The van der Waals surface area contributed by atoms with Gasteiger partial charge in [-0.2, -0.15) is 0 Å². The van der Waals surface area contributed by atoms with Gasteiger partial charge in [0.05, 0.1) is 12.6 Å². The summed E-state index contributed by atoms with van der Waals surface area (Å²) in [5.41, 5.74) is 1.95. The van der Waals surface area contributed by atoms with Crippen molar-refractivity contribution in [3.05, 3.63) is 29.8 Å². The van der Waals surface area contributed by atoms with Crippen LogP contribution in [0.15, 0.2) is 24.3 Å². The zero-order chi connectivity index (χ0) is 14.4. The Balaban J connectivity index is 1.70. The molecule has 0 bridgehead atoms. The first-order chi connectivity index (χ1) is 9.65. The Morgan fingerprint density at radius 1 is 1.35 bits per heavy atom. The molecule has 2 rings (SSSR count). The van der Waals surface area contributed by atoms with E-state index < -0.39 is 0 Å². The van der Waals surface area contributed by atoms with Crippen LogP contribution >= 0.6 is 0 Å². The van der Waals surface area contributed by atoms with E-state index in [1.165, 1.54) is 6.42 Å². The summed E-state index contributed by atoms with van der Waals surface area (Å²) in [7, 11) is 0. The van der Waals surface area contributed by atoms with E-state index >= 15 is 0 Å². The molecule has 4 nitrogen and oxygen atoms in total. The molecule has 1 fully saturated rings. The molecule has 2 atom stereocenters. The summed E-state index contributed by atoms with van der Waals surface area (Å²) in [6, 6.07) is 7.76. The maximum Gasteiger partial charge on any atom is 0.238 e. The summed E-state index contributed by atoms with van der Waals surface area (Å²) in [4.78, 5) is 11.8. The second-order valence-corrected chi connectivity index (χ2v) is 5.66. The number of rotatable bonds is 5. The minimum absolute atomic E-state index is 0.0408. The minimum atomic E-state index is -0.212. The fourth-order valence-corrected chi connectivity index (χ4v) is 2.73. The number of hydrogen-bond donors (Lipinski definition) is 3. The van der Waals surface area contributed by atoms with Crippen LogP contribution in [0, 0.1) is 12.8 Å². The van der Waals surface area contributed by atoms with Gasteiger partial charge in [0.1, 0.15) is 0 Å². The SMILES string of the molecule is Cc1cccc(NC(=O)CNCC2CCCCC2O)c1. The van der Waals surface area contributed by atoms with Crippen molar-refractivity contribution in [2.45, 2.75) is 38.7 Å². The lowest BCUT2D eigenvalue weighted by Crippen LogP contribution is -2.37. The van der Waals surface area contributed by atoms with Gasteiger partial charge in [-0.15, -0.1) is 0 Å². The standard InChI is InChI=1S/C16H24N2O2/c1-12-5-4-7-14(9-12)18-16(20)11-17-10-13-6-2-3-8-15(13)19/h4-5,7,9,13,15,17,19H,2-3,6,8,10-11H2,1H3,(H,18,20). The van der Waals surface area contributed by atoms with Gasteiger partial charge in [0, 0.05) is 12.2 Å². The molecule has 1 aromatic carbocycles. The van der Waals surface area contributed by atoms with Gasteiger partial charge in [0.2, 0.25) is 5.91 Å². The van der Waals surface area contributed by atoms with E-state index in [0.29, 0.717) is 6.54 Å². The fourth-order valence-electron chi connectivity index (χ4n) is 2.73. The van der Waals surface area contributed by atoms with E-state index in [1.54, 1.807) is 0 Å². The number of aliphatic hydroxyl groups is 1. The molecule has 3 N–H and O–H groups in total. The Labute approximate surface area is 120 Å². The number of aryl methyl sites for hydroxylation is 1. The number of aliphatic hydroxyl groups excluding tert-OH is 1. The Morgan fingerprint density at radius 2 is 2.15 bits per heavy atom. The molecule has 4 heteroatoms. The van der Waals surface area contributed by atoms with Crippen molar-refractivity contribution in [1.29, 1.82) is 0 Å². The monoisotopic (exact) mass is 276 g/mol. The quantitative estimate of drug-likeness (QED) is 0.771. The van der Waals surface area contributed by atoms with Gasteiger partial charge in [-0.25, -0.2) is 0 Å². The maximum absolute atomic E-state index is 11.8. The Morgan fingerprint density at radius 3 is 2.90 bits per heavy atom. The summed E-state index contributed by atoms with van der Waals surface area (Å²) in [5, 5.41) is 15.9. The average molecular weight is 276 g/mol. The maximum atomic E-state index is 11.8. The van der Waals surface area contributed by atoms with Crippen molar-refractivity contribution in [3.8, 4) is 0 Å². The first-order valence-electron chi connectivity index (χ1n) is 7.40. The van der Waals surface area contributed by atoms with Crippen molar-refractivity contribution in [1.82, 2.24) is 5.32 Å². The first-order valence-corrected chi connectivity index (χ1v) is 7.40. The van der Waals surface area contributed by atoms with Crippen molar-refractivity contribution >= 4 is 11.6 Å². The van der Waals surface area contributed by atoms with Gasteiger partial charge in [-0.3, -0.25) is 4.79 Å². The molecule has 1 saturated carbocycles. The van der Waals surface area contributed by atoms with Gasteiger partial charge in [-0.05, 0) is 43.4 Å². The number of carbonyl (C=O) groups excluding carboxylic acids is 1. The van der Waals surface area contributed by atoms with Crippen LogP contribution < -0.4 is 10.6 Å². The molecule has 0 heterocycles. The van der Waals surface area contributed by atoms with E-state index in [-0.39, 0.29) is 24.5 Å². The zero-order valence-electron chi connectivity index (χ0n) is 12.1. The van der Waals surface area contributed by atoms with Crippen LogP contribution in [0.5, 0.6) is 0 Å². The van der Waals surface area contributed by atoms with Crippen LogP contribution in [0.1, 0.15) is 31.2 Å². The molecule has 0 saturated heterocycles. The molecule has 2 unspecified atom stereocenters. The molecule has 1 aromatic rings. The molecule has 110 valence electrons. The lowest BCUT2D eigenvalue weighted by atomic mass is 9.86. The van der Waals surface area contributed by atoms with Crippen molar-refractivity contribution < 1.29 is 9.90 Å². The summed E-state index contributed by atoms with van der Waals surface area (Å²) in [5.74, 6) is 0.247. The third-order valence-corrected chi connectivity index (χ3v) is 3.86. The van der Waals surface area contributed by atoms with Crippen molar-refractivity contribution in [2.75, 3.05) is 18.4 Å². The molecule has 20 heavy (non-hydrogen) atoms. The van der Waals surface area contributed by atoms with Gasteiger partial charge >= 0.3 is 0 Å². The number of hydrogen-bond acceptors (Lipinski definition) is 3. The average Bonchev–Trinajstić information content (AvgIpc) is 2.41. The zero-order valence-corrected chi connectivity index (χ0v) is 12.1. The Kier molecular flexibility index (Phi) is 5.56. The lowest BCUT2D eigenvalue weighted by Gasteiger charge is -2.27. The molecular formula is C16H24N2O2. The van der Waals surface area contributed by atoms with Crippen LogP contribution in [-0.4, -0.2) is 30.2 Å². The normalized spacial score (nSPS) is 22.5. The highest BCUT2D eigenvalue weighted by Gasteiger charge is 2.22. The van der Waals surface area contributed by atoms with E-state index in [2.05, 4.69) is 10.6 Å². The fraction of sp³-hybridized carbons (Fsp3) is 0.562. The largest absolute Gasteiger partial charge is 0.393 e. The summed E-state index contributed by atoms with van der Waals surface area (Å²) >= 11 is 0. The van der Waals surface area contributed by atoms with Crippen LogP contribution in [0.25, 0.3) is 0 Å². The minimum Gasteiger partial charge on any atom is -0.393 e. The number of amides is 1. The second-order valence-electron chi connectivity index (χ2n) is 5.66. The van der Waals surface area contributed by atoms with E-state index in [9.17, 15) is 9.90 Å². The highest BCUT2D eigenvalue weighted by atomic mass is 16.3. The first kappa shape index (κ1) is 15.0. The second kappa shape index (κ2) is 7.41. The summed E-state index contributed by atoms with van der Waals surface area (Å²) < 4.78 is 0. The third kappa shape index (κ3) is 4.62. The van der Waals surface area contributed by atoms with Gasteiger partial charge < -0.3 is 15.7 Å². The Bertz CT molecular complexity index is 448. The predicted octanol–water partition coefficient (Wildman–Crippen LogP) is 2.07. The van der Waals surface area contributed by atoms with E-state index in [1.807, 2.05) is 31.2 Å². The molecular weight excluding hydrogens is 252 g/mol. The van der Waals surface area contributed by atoms with Gasteiger partial charge in [0.15, 0.2) is 0 Å².